The number of rotatable bonds is 7. The molecular formula is C28H28F2N4O2. The number of nitrogens with zero attached hydrogens (tertiary/aromatic N) is 2. The molecule has 4 aromatic rings. The lowest BCUT2D eigenvalue weighted by atomic mass is 9.85. The van der Waals surface area contributed by atoms with Gasteiger partial charge < -0.3 is 15.2 Å². The molecule has 0 bridgehead atoms. The number of aromatic amines is 1. The van der Waals surface area contributed by atoms with Crippen molar-refractivity contribution in [2.45, 2.75) is 25.4 Å². The molecule has 2 heterocycles. The van der Waals surface area contributed by atoms with E-state index in [2.05, 4.69) is 15.2 Å². The van der Waals surface area contributed by atoms with Gasteiger partial charge >= 0.3 is 5.69 Å². The average molecular weight is 491 g/mol. The highest BCUT2D eigenvalue weighted by atomic mass is 19.1. The summed E-state index contributed by atoms with van der Waals surface area (Å²) in [5.41, 5.74) is 1.67. The van der Waals surface area contributed by atoms with Crippen molar-refractivity contribution in [2.24, 2.45) is 5.92 Å². The highest BCUT2D eigenvalue weighted by Gasteiger charge is 2.28. The first-order valence-corrected chi connectivity index (χ1v) is 12.2. The Morgan fingerprint density at radius 1 is 0.861 bits per heavy atom. The lowest BCUT2D eigenvalue weighted by Gasteiger charge is -2.37. The molecular weight excluding hydrogens is 462 g/mol. The van der Waals surface area contributed by atoms with Crippen LogP contribution in [0.3, 0.4) is 0 Å². The van der Waals surface area contributed by atoms with Gasteiger partial charge in [-0.25, -0.2) is 13.6 Å². The largest absolute Gasteiger partial charge is 0.378 e. The smallest absolute Gasteiger partial charge is 0.328 e. The van der Waals surface area contributed by atoms with Crippen molar-refractivity contribution >= 4 is 16.6 Å². The summed E-state index contributed by atoms with van der Waals surface area (Å²) in [6.07, 6.45) is 1.78. The number of aromatic nitrogens is 2. The number of likely N-dealkylation sites (tertiary alicyclic amines) is 1. The Kier molecular flexibility index (Phi) is 6.95. The van der Waals surface area contributed by atoms with Gasteiger partial charge in [0.25, 0.3) is 5.56 Å². The lowest BCUT2D eigenvalue weighted by Crippen LogP contribution is -2.42. The molecule has 1 aliphatic rings. The lowest BCUT2D eigenvalue weighted by molar-refractivity contribution is 0.167. The van der Waals surface area contributed by atoms with Crippen LogP contribution in [0.4, 0.5) is 14.5 Å². The normalized spacial score (nSPS) is 15.7. The Balaban J connectivity index is 1.26. The number of halogens is 2. The summed E-state index contributed by atoms with van der Waals surface area (Å²) in [5.74, 6) is -0.298. The number of fused-ring (bicyclic) bond motifs is 1. The molecule has 1 aliphatic heterocycles. The first kappa shape index (κ1) is 23.9. The summed E-state index contributed by atoms with van der Waals surface area (Å²) >= 11 is 0. The van der Waals surface area contributed by atoms with Gasteiger partial charge in [-0.05, 0) is 85.9 Å². The zero-order chi connectivity index (χ0) is 25.1. The van der Waals surface area contributed by atoms with Gasteiger partial charge in [-0.15, -0.1) is 0 Å². The van der Waals surface area contributed by atoms with Gasteiger partial charge in [0.05, 0.1) is 16.9 Å². The molecule has 8 heteroatoms. The summed E-state index contributed by atoms with van der Waals surface area (Å²) in [6, 6.07) is 19.7. The molecule has 0 radical (unpaired) electrons. The summed E-state index contributed by atoms with van der Waals surface area (Å²) < 4.78 is 28.2. The number of hydrogen-bond acceptors (Lipinski definition) is 4. The minimum absolute atomic E-state index is 0.0517. The summed E-state index contributed by atoms with van der Waals surface area (Å²) in [4.78, 5) is 30.3. The van der Waals surface area contributed by atoms with Crippen molar-refractivity contribution in [1.82, 2.24) is 14.5 Å². The Morgan fingerprint density at radius 3 is 2.19 bits per heavy atom. The fraction of sp³-hybridized carbons (Fsp3) is 0.286. The molecule has 0 spiro atoms. The van der Waals surface area contributed by atoms with E-state index in [1.54, 1.807) is 48.5 Å². The van der Waals surface area contributed by atoms with Gasteiger partial charge in [-0.1, -0.05) is 24.3 Å². The average Bonchev–Trinajstić information content (AvgIpc) is 2.89. The summed E-state index contributed by atoms with van der Waals surface area (Å²) in [5, 5.41) is 4.02. The van der Waals surface area contributed by atoms with Crippen molar-refractivity contribution in [3.05, 3.63) is 111 Å². The van der Waals surface area contributed by atoms with Crippen LogP contribution >= 0.6 is 0 Å². The quantitative estimate of drug-likeness (QED) is 0.399. The van der Waals surface area contributed by atoms with E-state index < -0.39 is 5.69 Å². The fourth-order valence-corrected chi connectivity index (χ4v) is 5.02. The Labute approximate surface area is 207 Å². The van der Waals surface area contributed by atoms with Crippen molar-refractivity contribution in [3.8, 4) is 0 Å². The van der Waals surface area contributed by atoms with Crippen molar-refractivity contribution in [2.75, 3.05) is 25.0 Å². The van der Waals surface area contributed by atoms with Crippen molar-refractivity contribution in [1.29, 1.82) is 0 Å². The molecule has 0 aliphatic carbocycles. The van der Waals surface area contributed by atoms with E-state index in [1.807, 2.05) is 0 Å². The number of para-hydroxylation sites is 1. The predicted octanol–water partition coefficient (Wildman–Crippen LogP) is 4.53. The molecule has 1 fully saturated rings. The Bertz CT molecular complexity index is 1440. The monoisotopic (exact) mass is 490 g/mol. The minimum Gasteiger partial charge on any atom is -0.378 e. The van der Waals surface area contributed by atoms with E-state index in [1.165, 1.54) is 28.8 Å². The predicted molar refractivity (Wildman–Crippen MR) is 137 cm³/mol. The number of benzene rings is 3. The van der Waals surface area contributed by atoms with Crippen LogP contribution in [0.15, 0.2) is 82.4 Å². The van der Waals surface area contributed by atoms with Crippen molar-refractivity contribution < 1.29 is 8.78 Å². The Hall–Kier alpha value is -3.78. The van der Waals surface area contributed by atoms with Crippen LogP contribution in [0.25, 0.3) is 10.9 Å². The third-order valence-corrected chi connectivity index (χ3v) is 7.03. The maximum absolute atomic E-state index is 13.6. The number of piperidine rings is 1. The van der Waals surface area contributed by atoms with Gasteiger partial charge in [0.1, 0.15) is 11.6 Å². The number of nitrogens with one attached hydrogen (secondary N) is 2. The number of hydrogen-bond donors (Lipinski definition) is 2. The van der Waals surface area contributed by atoms with Crippen LogP contribution < -0.4 is 16.6 Å². The summed E-state index contributed by atoms with van der Waals surface area (Å²) in [7, 11) is 0. The first-order valence-electron chi connectivity index (χ1n) is 12.2. The van der Waals surface area contributed by atoms with Crippen molar-refractivity contribution in [3.63, 3.8) is 0 Å². The number of H-pyrrole nitrogens is 1. The molecule has 3 aromatic carbocycles. The topological polar surface area (TPSA) is 70.1 Å². The van der Waals surface area contributed by atoms with Gasteiger partial charge in [0.2, 0.25) is 0 Å². The van der Waals surface area contributed by atoms with Gasteiger partial charge in [0.15, 0.2) is 0 Å². The molecule has 1 atom stereocenters. The van der Waals surface area contributed by atoms with Gasteiger partial charge in [0, 0.05) is 18.8 Å². The molecule has 1 unspecified atom stereocenters. The van der Waals surface area contributed by atoms with E-state index in [9.17, 15) is 18.4 Å². The highest BCUT2D eigenvalue weighted by molar-refractivity contribution is 5.76. The van der Waals surface area contributed by atoms with Gasteiger partial charge in [-0.2, -0.15) is 0 Å². The first-order chi connectivity index (χ1) is 17.5. The minimum atomic E-state index is -0.395. The van der Waals surface area contributed by atoms with Crippen LogP contribution in [0, 0.1) is 17.6 Å². The standard InChI is InChI=1S/C28H28F2N4O2/c29-21-7-5-19(6-8-21)26(31-23-11-9-22(30)10-12-23)20-13-15-33(16-14-20)17-18-34-27(35)24-3-1-2-4-25(24)32-28(34)36/h1-12,20,26,31H,13-18H2,(H,32,36). The van der Waals surface area contributed by atoms with E-state index in [0.717, 1.165) is 37.2 Å². The number of anilines is 1. The maximum Gasteiger partial charge on any atom is 0.328 e. The highest BCUT2D eigenvalue weighted by Crippen LogP contribution is 2.34. The fourth-order valence-electron chi connectivity index (χ4n) is 5.02. The summed E-state index contributed by atoms with van der Waals surface area (Å²) in [6.45, 7) is 2.54. The third-order valence-electron chi connectivity index (χ3n) is 7.03. The molecule has 1 saturated heterocycles. The molecule has 186 valence electrons. The SMILES string of the molecule is O=c1[nH]c2ccccc2c(=O)n1CCN1CCC(C(Nc2ccc(F)cc2)c2ccc(F)cc2)CC1. The zero-order valence-electron chi connectivity index (χ0n) is 19.8. The molecule has 36 heavy (non-hydrogen) atoms. The van der Waals surface area contributed by atoms with E-state index in [4.69, 9.17) is 0 Å². The van der Waals surface area contributed by atoms with Crippen LogP contribution in [0.5, 0.6) is 0 Å². The molecule has 5 rings (SSSR count). The van der Waals surface area contributed by atoms with E-state index in [-0.39, 0.29) is 29.2 Å². The van der Waals surface area contributed by atoms with E-state index >= 15 is 0 Å². The van der Waals surface area contributed by atoms with Crippen LogP contribution in [-0.2, 0) is 6.54 Å². The molecule has 2 N–H and O–H groups in total. The molecule has 1 aromatic heterocycles. The van der Waals surface area contributed by atoms with Crippen LogP contribution in [-0.4, -0.2) is 34.1 Å². The zero-order valence-corrected chi connectivity index (χ0v) is 19.8. The van der Waals surface area contributed by atoms with E-state index in [0.29, 0.717) is 24.0 Å². The molecule has 0 amide bonds. The maximum atomic E-state index is 13.6. The third kappa shape index (κ3) is 5.23. The van der Waals surface area contributed by atoms with Crippen LogP contribution in [0.1, 0.15) is 24.4 Å². The second-order valence-corrected chi connectivity index (χ2v) is 9.29. The molecule has 6 nitrogen and oxygen atoms in total. The second-order valence-electron chi connectivity index (χ2n) is 9.29. The Morgan fingerprint density at radius 2 is 1.50 bits per heavy atom. The van der Waals surface area contributed by atoms with Crippen LogP contribution in [0.2, 0.25) is 0 Å². The van der Waals surface area contributed by atoms with Gasteiger partial charge in [-0.3, -0.25) is 9.36 Å². The second kappa shape index (κ2) is 10.5. The molecule has 0 saturated carbocycles.